The minimum Gasteiger partial charge on any atom is -0.480 e. The van der Waals surface area contributed by atoms with E-state index >= 15 is 0 Å². The number of nitrogens with one attached hydrogen (secondary N) is 1. The topological polar surface area (TPSA) is 84.2 Å². The predicted molar refractivity (Wildman–Crippen MR) is 92.4 cm³/mol. The SMILES string of the molecule is O=C(C1CCc2ccccc2O1)N1CCc2[nH]nc(-c3ccno3)c2C1. The molecule has 1 unspecified atom stereocenters. The van der Waals surface area contributed by atoms with Gasteiger partial charge in [0.25, 0.3) is 5.91 Å². The van der Waals surface area contributed by atoms with Crippen molar-refractivity contribution in [2.75, 3.05) is 6.54 Å². The molecule has 2 aliphatic heterocycles. The Bertz CT molecular complexity index is 948. The van der Waals surface area contributed by atoms with Crippen LogP contribution in [0.15, 0.2) is 41.1 Å². The first kappa shape index (κ1) is 15.2. The van der Waals surface area contributed by atoms with Crippen molar-refractivity contribution in [2.24, 2.45) is 0 Å². The van der Waals surface area contributed by atoms with Crippen LogP contribution in [0.5, 0.6) is 5.75 Å². The Morgan fingerprint density at radius 3 is 3.04 bits per heavy atom. The molecule has 7 nitrogen and oxygen atoms in total. The fourth-order valence-corrected chi connectivity index (χ4v) is 3.73. The van der Waals surface area contributed by atoms with Crippen molar-refractivity contribution in [2.45, 2.75) is 31.9 Å². The van der Waals surface area contributed by atoms with Crippen molar-refractivity contribution in [3.8, 4) is 17.2 Å². The molecule has 1 aromatic carbocycles. The summed E-state index contributed by atoms with van der Waals surface area (Å²) in [5.74, 6) is 1.47. The van der Waals surface area contributed by atoms with Crippen LogP contribution in [0.4, 0.5) is 0 Å². The van der Waals surface area contributed by atoms with Crippen LogP contribution in [-0.4, -0.2) is 38.8 Å². The molecule has 0 radical (unpaired) electrons. The number of amides is 1. The van der Waals surface area contributed by atoms with Gasteiger partial charge < -0.3 is 14.2 Å². The molecule has 0 bridgehead atoms. The highest BCUT2D eigenvalue weighted by Gasteiger charge is 2.33. The number of aryl methyl sites for hydroxylation is 1. The Kier molecular flexibility index (Phi) is 3.51. The molecule has 1 N–H and O–H groups in total. The van der Waals surface area contributed by atoms with Crippen molar-refractivity contribution in [1.29, 1.82) is 0 Å². The fourth-order valence-electron chi connectivity index (χ4n) is 3.73. The Labute approximate surface area is 149 Å². The predicted octanol–water partition coefficient (Wildman–Crippen LogP) is 2.34. The van der Waals surface area contributed by atoms with Crippen molar-refractivity contribution in [3.63, 3.8) is 0 Å². The zero-order valence-corrected chi connectivity index (χ0v) is 14.1. The molecule has 5 rings (SSSR count). The maximum atomic E-state index is 13.0. The minimum absolute atomic E-state index is 0.0369. The summed E-state index contributed by atoms with van der Waals surface area (Å²) >= 11 is 0. The zero-order valence-electron chi connectivity index (χ0n) is 14.1. The number of para-hydroxylation sites is 1. The molecule has 7 heteroatoms. The molecule has 26 heavy (non-hydrogen) atoms. The van der Waals surface area contributed by atoms with Gasteiger partial charge in [-0.15, -0.1) is 0 Å². The molecule has 1 amide bonds. The molecule has 2 aliphatic rings. The highest BCUT2D eigenvalue weighted by molar-refractivity contribution is 5.82. The number of aromatic nitrogens is 3. The van der Waals surface area contributed by atoms with Gasteiger partial charge in [-0.3, -0.25) is 9.89 Å². The van der Waals surface area contributed by atoms with E-state index in [0.717, 1.165) is 35.5 Å². The molecular formula is C19H18N4O3. The number of hydrogen-bond donors (Lipinski definition) is 1. The second-order valence-electron chi connectivity index (χ2n) is 6.67. The third-order valence-corrected chi connectivity index (χ3v) is 5.11. The van der Waals surface area contributed by atoms with Gasteiger partial charge in [0.05, 0.1) is 6.20 Å². The number of benzene rings is 1. The summed E-state index contributed by atoms with van der Waals surface area (Å²) in [5.41, 5.74) is 3.94. The van der Waals surface area contributed by atoms with Crippen LogP contribution in [0.1, 0.15) is 23.2 Å². The van der Waals surface area contributed by atoms with E-state index in [4.69, 9.17) is 9.26 Å². The Morgan fingerprint density at radius 2 is 2.15 bits per heavy atom. The smallest absolute Gasteiger partial charge is 0.263 e. The molecule has 0 aliphatic carbocycles. The standard InChI is InChI=1S/C19H18N4O3/c24-19(17-6-5-12-3-1-2-4-15(12)25-17)23-10-8-14-13(11-23)18(22-21-14)16-7-9-20-26-16/h1-4,7,9,17H,5-6,8,10-11H2,(H,21,22). The lowest BCUT2D eigenvalue weighted by Gasteiger charge is -2.32. The van der Waals surface area contributed by atoms with E-state index in [1.807, 2.05) is 23.1 Å². The number of ether oxygens (including phenoxy) is 1. The van der Waals surface area contributed by atoms with Crippen LogP contribution in [0, 0.1) is 0 Å². The normalized spacial score (nSPS) is 18.8. The van der Waals surface area contributed by atoms with Crippen LogP contribution in [0.25, 0.3) is 11.5 Å². The van der Waals surface area contributed by atoms with E-state index in [0.29, 0.717) is 25.3 Å². The number of H-pyrrole nitrogens is 1. The maximum absolute atomic E-state index is 13.0. The van der Waals surface area contributed by atoms with Gasteiger partial charge in [0.2, 0.25) is 0 Å². The van der Waals surface area contributed by atoms with E-state index in [9.17, 15) is 4.79 Å². The molecule has 1 atom stereocenters. The molecule has 0 spiro atoms. The zero-order chi connectivity index (χ0) is 17.5. The number of aromatic amines is 1. The molecule has 2 aromatic heterocycles. The first-order chi connectivity index (χ1) is 12.8. The van der Waals surface area contributed by atoms with Gasteiger partial charge in [-0.05, 0) is 24.5 Å². The number of fused-ring (bicyclic) bond motifs is 2. The van der Waals surface area contributed by atoms with E-state index < -0.39 is 6.10 Å². The number of carbonyl (C=O) groups excluding carboxylic acids is 1. The van der Waals surface area contributed by atoms with E-state index in [1.54, 1.807) is 12.3 Å². The van der Waals surface area contributed by atoms with Crippen LogP contribution in [0.2, 0.25) is 0 Å². The van der Waals surface area contributed by atoms with E-state index in [2.05, 4.69) is 21.4 Å². The lowest BCUT2D eigenvalue weighted by molar-refractivity contribution is -0.140. The third-order valence-electron chi connectivity index (χ3n) is 5.11. The van der Waals surface area contributed by atoms with Gasteiger partial charge in [-0.25, -0.2) is 0 Å². The highest BCUT2D eigenvalue weighted by Crippen LogP contribution is 2.31. The lowest BCUT2D eigenvalue weighted by atomic mass is 9.99. The molecule has 4 heterocycles. The number of hydrogen-bond acceptors (Lipinski definition) is 5. The Balaban J connectivity index is 1.36. The number of rotatable bonds is 2. The van der Waals surface area contributed by atoms with Gasteiger partial charge in [0, 0.05) is 36.8 Å². The van der Waals surface area contributed by atoms with Crippen molar-refractivity contribution in [1.82, 2.24) is 20.3 Å². The monoisotopic (exact) mass is 350 g/mol. The minimum atomic E-state index is -0.424. The summed E-state index contributed by atoms with van der Waals surface area (Å²) in [7, 11) is 0. The van der Waals surface area contributed by atoms with Gasteiger partial charge >= 0.3 is 0 Å². The average Bonchev–Trinajstić information content (AvgIpc) is 3.35. The largest absolute Gasteiger partial charge is 0.480 e. The third kappa shape index (κ3) is 2.47. The van der Waals surface area contributed by atoms with Crippen molar-refractivity contribution < 1.29 is 14.1 Å². The van der Waals surface area contributed by atoms with Crippen molar-refractivity contribution in [3.05, 3.63) is 53.3 Å². The van der Waals surface area contributed by atoms with Crippen LogP contribution >= 0.6 is 0 Å². The summed E-state index contributed by atoms with van der Waals surface area (Å²) in [4.78, 5) is 14.9. The quantitative estimate of drug-likeness (QED) is 0.767. The maximum Gasteiger partial charge on any atom is 0.263 e. The summed E-state index contributed by atoms with van der Waals surface area (Å²) in [6.45, 7) is 1.16. The molecule has 132 valence electrons. The molecule has 0 fully saturated rings. The number of nitrogens with zero attached hydrogens (tertiary/aromatic N) is 3. The Hall–Kier alpha value is -3.09. The summed E-state index contributed by atoms with van der Waals surface area (Å²) in [5, 5.41) is 11.2. The van der Waals surface area contributed by atoms with E-state index in [-0.39, 0.29) is 5.91 Å². The molecule has 0 saturated carbocycles. The fraction of sp³-hybridized carbons (Fsp3) is 0.316. The van der Waals surface area contributed by atoms with Gasteiger partial charge in [0.1, 0.15) is 11.4 Å². The van der Waals surface area contributed by atoms with Gasteiger partial charge in [0.15, 0.2) is 11.9 Å². The molecular weight excluding hydrogens is 332 g/mol. The Morgan fingerprint density at radius 1 is 1.23 bits per heavy atom. The summed E-state index contributed by atoms with van der Waals surface area (Å²) < 4.78 is 11.2. The van der Waals surface area contributed by atoms with Crippen LogP contribution in [0.3, 0.4) is 0 Å². The van der Waals surface area contributed by atoms with Crippen LogP contribution < -0.4 is 4.74 Å². The second kappa shape index (κ2) is 6.01. The molecule has 3 aromatic rings. The average molecular weight is 350 g/mol. The first-order valence-corrected chi connectivity index (χ1v) is 8.80. The lowest BCUT2D eigenvalue weighted by Crippen LogP contribution is -2.45. The van der Waals surface area contributed by atoms with Crippen LogP contribution in [-0.2, 0) is 24.2 Å². The van der Waals surface area contributed by atoms with Gasteiger partial charge in [-0.1, -0.05) is 23.4 Å². The van der Waals surface area contributed by atoms with Crippen molar-refractivity contribution >= 4 is 5.91 Å². The second-order valence-corrected chi connectivity index (χ2v) is 6.67. The van der Waals surface area contributed by atoms with E-state index in [1.165, 1.54) is 5.56 Å². The molecule has 0 saturated heterocycles. The summed E-state index contributed by atoms with van der Waals surface area (Å²) in [6, 6.07) is 9.70. The number of carbonyl (C=O) groups is 1. The first-order valence-electron chi connectivity index (χ1n) is 8.80. The van der Waals surface area contributed by atoms with Gasteiger partial charge in [-0.2, -0.15) is 5.10 Å². The highest BCUT2D eigenvalue weighted by atomic mass is 16.5. The summed E-state index contributed by atoms with van der Waals surface area (Å²) in [6.07, 6.45) is 3.48.